The Morgan fingerprint density at radius 3 is 2.67 bits per heavy atom. The fourth-order valence-electron chi connectivity index (χ4n) is 3.30. The molecule has 1 heterocycles. The van der Waals surface area contributed by atoms with Crippen LogP contribution in [0.15, 0.2) is 4.99 Å². The second kappa shape index (κ2) is 11.1. The van der Waals surface area contributed by atoms with Gasteiger partial charge in [-0.05, 0) is 39.2 Å². The first-order valence-electron chi connectivity index (χ1n) is 9.05. The number of aliphatic imine (C=N–C) groups is 1. The van der Waals surface area contributed by atoms with E-state index >= 15 is 0 Å². The molecule has 2 rings (SSSR count). The number of nitrogens with zero attached hydrogens (tertiary/aromatic N) is 3. The number of piperidine rings is 1. The number of likely N-dealkylation sites (tertiary alicyclic amines) is 1. The van der Waals surface area contributed by atoms with Gasteiger partial charge in [0.1, 0.15) is 0 Å². The second-order valence-corrected chi connectivity index (χ2v) is 6.37. The lowest BCUT2D eigenvalue weighted by atomic mass is 9.98. The van der Waals surface area contributed by atoms with E-state index in [4.69, 9.17) is 4.74 Å². The van der Waals surface area contributed by atoms with E-state index in [1.807, 2.05) is 14.0 Å². The van der Waals surface area contributed by atoms with Crippen molar-refractivity contribution in [3.05, 3.63) is 0 Å². The minimum absolute atomic E-state index is 0. The number of carbonyl (C=O) groups excluding carboxylic acids is 1. The highest BCUT2D eigenvalue weighted by Gasteiger charge is 2.29. The summed E-state index contributed by atoms with van der Waals surface area (Å²) in [6.07, 6.45) is 4.61. The second-order valence-electron chi connectivity index (χ2n) is 6.37. The number of hydrogen-bond acceptors (Lipinski definition) is 4. The van der Waals surface area contributed by atoms with Gasteiger partial charge in [0, 0.05) is 39.3 Å². The van der Waals surface area contributed by atoms with Crippen LogP contribution in [0.5, 0.6) is 0 Å². The van der Waals surface area contributed by atoms with Crippen LogP contribution < -0.4 is 5.32 Å². The largest absolute Gasteiger partial charge is 0.466 e. The number of esters is 1. The van der Waals surface area contributed by atoms with Gasteiger partial charge in [-0.3, -0.25) is 14.7 Å². The van der Waals surface area contributed by atoms with Gasteiger partial charge < -0.3 is 15.0 Å². The molecule has 1 saturated heterocycles. The third-order valence-electron chi connectivity index (χ3n) is 4.70. The van der Waals surface area contributed by atoms with Crippen molar-refractivity contribution in [2.24, 2.45) is 10.9 Å². The summed E-state index contributed by atoms with van der Waals surface area (Å²) in [4.78, 5) is 21.1. The molecule has 0 amide bonds. The fourth-order valence-corrected chi connectivity index (χ4v) is 3.30. The molecule has 0 spiro atoms. The summed E-state index contributed by atoms with van der Waals surface area (Å²) in [5.41, 5.74) is 0. The van der Waals surface area contributed by atoms with Gasteiger partial charge in [-0.1, -0.05) is 6.92 Å². The predicted molar refractivity (Wildman–Crippen MR) is 108 cm³/mol. The zero-order valence-corrected chi connectivity index (χ0v) is 17.6. The molecule has 1 atom stereocenters. The van der Waals surface area contributed by atoms with Crippen molar-refractivity contribution in [1.29, 1.82) is 0 Å². The topological polar surface area (TPSA) is 57.2 Å². The highest BCUT2D eigenvalue weighted by atomic mass is 127. The molecule has 2 fully saturated rings. The average Bonchev–Trinajstić information content (AvgIpc) is 3.40. The first-order valence-corrected chi connectivity index (χ1v) is 9.05. The maximum absolute atomic E-state index is 12.0. The van der Waals surface area contributed by atoms with Crippen LogP contribution in [0.3, 0.4) is 0 Å². The van der Waals surface area contributed by atoms with Crippen LogP contribution in [0.1, 0.15) is 39.5 Å². The third kappa shape index (κ3) is 6.38. The first kappa shape index (κ1) is 21.5. The number of halogens is 1. The Kier molecular flexibility index (Phi) is 9.95. The van der Waals surface area contributed by atoms with Gasteiger partial charge in [-0.25, -0.2) is 0 Å². The molecule has 1 saturated carbocycles. The smallest absolute Gasteiger partial charge is 0.310 e. The molecule has 2 aliphatic rings. The van der Waals surface area contributed by atoms with Crippen LogP contribution in [-0.4, -0.2) is 74.1 Å². The number of likely N-dealkylation sites (N-methyl/N-ethyl adjacent to an activating group) is 1. The predicted octanol–water partition coefficient (Wildman–Crippen LogP) is 1.94. The van der Waals surface area contributed by atoms with Crippen LogP contribution in [0.4, 0.5) is 0 Å². The molecule has 0 aromatic carbocycles. The van der Waals surface area contributed by atoms with E-state index in [-0.39, 0.29) is 35.9 Å². The van der Waals surface area contributed by atoms with Crippen molar-refractivity contribution < 1.29 is 9.53 Å². The first-order chi connectivity index (χ1) is 11.2. The highest BCUT2D eigenvalue weighted by molar-refractivity contribution is 14.0. The maximum Gasteiger partial charge on any atom is 0.310 e. The Bertz CT molecular complexity index is 415. The van der Waals surface area contributed by atoms with E-state index in [1.54, 1.807) is 0 Å². The van der Waals surface area contributed by atoms with E-state index in [0.29, 0.717) is 13.2 Å². The number of ether oxygens (including phenoxy) is 1. The van der Waals surface area contributed by atoms with E-state index in [1.165, 1.54) is 12.8 Å². The van der Waals surface area contributed by atoms with Crippen molar-refractivity contribution in [2.75, 3.05) is 46.4 Å². The molecular weight excluding hydrogens is 419 g/mol. The summed E-state index contributed by atoms with van der Waals surface area (Å²) in [5, 5.41) is 3.46. The normalized spacial score (nSPS) is 21.4. The van der Waals surface area contributed by atoms with Crippen LogP contribution in [0.2, 0.25) is 0 Å². The van der Waals surface area contributed by atoms with Crippen molar-refractivity contribution in [3.8, 4) is 0 Å². The SMILES string of the molecule is CCOC(=O)C1CCCN(C(=NC)NCCN(CC)C2CC2)C1.I. The summed E-state index contributed by atoms with van der Waals surface area (Å²) < 4.78 is 5.17. The quantitative estimate of drug-likeness (QED) is 0.277. The number of hydrogen-bond donors (Lipinski definition) is 1. The van der Waals surface area contributed by atoms with Crippen LogP contribution >= 0.6 is 24.0 Å². The van der Waals surface area contributed by atoms with Gasteiger partial charge in [0.15, 0.2) is 5.96 Å². The monoisotopic (exact) mass is 452 g/mol. The molecule has 1 N–H and O–H groups in total. The zero-order valence-electron chi connectivity index (χ0n) is 15.3. The zero-order chi connectivity index (χ0) is 16.7. The van der Waals surface area contributed by atoms with Gasteiger partial charge in [-0.15, -0.1) is 24.0 Å². The molecule has 0 bridgehead atoms. The minimum Gasteiger partial charge on any atom is -0.466 e. The molecule has 0 aromatic rings. The minimum atomic E-state index is -0.0708. The molecule has 0 aromatic heterocycles. The molecule has 1 aliphatic heterocycles. The van der Waals surface area contributed by atoms with Gasteiger partial charge >= 0.3 is 5.97 Å². The van der Waals surface area contributed by atoms with Crippen LogP contribution in [0.25, 0.3) is 0 Å². The highest BCUT2D eigenvalue weighted by Crippen LogP contribution is 2.25. The molecule has 24 heavy (non-hydrogen) atoms. The Hall–Kier alpha value is -0.570. The lowest BCUT2D eigenvalue weighted by Gasteiger charge is -2.34. The van der Waals surface area contributed by atoms with Crippen molar-refractivity contribution in [1.82, 2.24) is 15.1 Å². The van der Waals surface area contributed by atoms with Gasteiger partial charge in [0.2, 0.25) is 0 Å². The number of nitrogens with one attached hydrogen (secondary N) is 1. The summed E-state index contributed by atoms with van der Waals surface area (Å²) in [7, 11) is 1.81. The Balaban J connectivity index is 0.00000288. The van der Waals surface area contributed by atoms with Crippen molar-refractivity contribution in [3.63, 3.8) is 0 Å². The van der Waals surface area contributed by atoms with E-state index in [9.17, 15) is 4.79 Å². The third-order valence-corrected chi connectivity index (χ3v) is 4.70. The number of guanidine groups is 1. The molecule has 1 unspecified atom stereocenters. The average molecular weight is 452 g/mol. The number of rotatable bonds is 7. The van der Waals surface area contributed by atoms with Gasteiger partial charge in [-0.2, -0.15) is 0 Å². The molecule has 0 radical (unpaired) electrons. The standard InChI is InChI=1S/C17H32N4O2.HI/c1-4-20(15-8-9-15)12-10-19-17(18-3)21-11-6-7-14(13-21)16(22)23-5-2;/h14-15H,4-13H2,1-3H3,(H,18,19);1H. The van der Waals surface area contributed by atoms with E-state index in [2.05, 4.69) is 27.0 Å². The summed E-state index contributed by atoms with van der Waals surface area (Å²) in [6.45, 7) is 9.26. The van der Waals surface area contributed by atoms with E-state index in [0.717, 1.165) is 51.0 Å². The molecule has 6 nitrogen and oxygen atoms in total. The van der Waals surface area contributed by atoms with Crippen LogP contribution in [0, 0.1) is 5.92 Å². The maximum atomic E-state index is 12.0. The molecule has 140 valence electrons. The summed E-state index contributed by atoms with van der Waals surface area (Å²) in [5.74, 6) is 0.810. The molecular formula is C17H33IN4O2. The van der Waals surface area contributed by atoms with Gasteiger partial charge in [0.05, 0.1) is 12.5 Å². The van der Waals surface area contributed by atoms with Crippen LogP contribution in [-0.2, 0) is 9.53 Å². The Labute approximate surface area is 163 Å². The van der Waals surface area contributed by atoms with Crippen molar-refractivity contribution in [2.45, 2.75) is 45.6 Å². The van der Waals surface area contributed by atoms with E-state index < -0.39 is 0 Å². The molecule has 7 heteroatoms. The lowest BCUT2D eigenvalue weighted by Crippen LogP contribution is -2.49. The summed E-state index contributed by atoms with van der Waals surface area (Å²) >= 11 is 0. The fraction of sp³-hybridized carbons (Fsp3) is 0.882. The molecule has 1 aliphatic carbocycles. The lowest BCUT2D eigenvalue weighted by molar-refractivity contribution is -0.149. The van der Waals surface area contributed by atoms with Gasteiger partial charge in [0.25, 0.3) is 0 Å². The van der Waals surface area contributed by atoms with Crippen molar-refractivity contribution >= 4 is 35.9 Å². The Morgan fingerprint density at radius 1 is 1.33 bits per heavy atom. The summed E-state index contributed by atoms with van der Waals surface area (Å²) in [6, 6.07) is 0.798. The Morgan fingerprint density at radius 2 is 2.08 bits per heavy atom. The number of carbonyl (C=O) groups is 1.